The lowest BCUT2D eigenvalue weighted by atomic mass is 9.99. The molecule has 1 aromatic carbocycles. The van der Waals surface area contributed by atoms with E-state index in [1.54, 1.807) is 0 Å². The van der Waals surface area contributed by atoms with E-state index in [-0.39, 0.29) is 30.7 Å². The number of rotatable bonds is 5. The molecule has 6 heteroatoms. The number of piperazine rings is 1. The third-order valence-corrected chi connectivity index (χ3v) is 3.77. The van der Waals surface area contributed by atoms with Crippen LogP contribution in [0.1, 0.15) is 38.3 Å². The van der Waals surface area contributed by atoms with Gasteiger partial charge in [0.1, 0.15) is 0 Å². The van der Waals surface area contributed by atoms with Crippen molar-refractivity contribution in [3.05, 3.63) is 29.8 Å². The topological polar surface area (TPSA) is 44.4 Å². The Morgan fingerprint density at radius 1 is 1.23 bits per heavy atom. The molecule has 1 aromatic rings. The van der Waals surface area contributed by atoms with Crippen LogP contribution in [0.2, 0.25) is 0 Å². The van der Waals surface area contributed by atoms with Crippen molar-refractivity contribution in [1.29, 1.82) is 0 Å². The van der Waals surface area contributed by atoms with Gasteiger partial charge >= 0.3 is 0 Å². The molecule has 22 heavy (non-hydrogen) atoms. The first kappa shape index (κ1) is 21.2. The van der Waals surface area contributed by atoms with Gasteiger partial charge in [0.05, 0.1) is 0 Å². The maximum absolute atomic E-state index is 11.1. The van der Waals surface area contributed by atoms with Crippen LogP contribution in [0.4, 0.5) is 5.69 Å². The highest BCUT2D eigenvalue weighted by molar-refractivity contribution is 5.88. The standard InChI is InChI=1S/C16H25N3O.2ClH/c1-3-4-16(19-11-9-17-10-12-19)14-5-7-15(8-6-14)18-13(2)20;;/h5-8,16-17H,3-4,9-12H2,1-2H3,(H,18,20);2*1H/t16-;;/m0../s1. The molecule has 0 radical (unpaired) electrons. The Balaban J connectivity index is 0.00000220. The summed E-state index contributed by atoms with van der Waals surface area (Å²) < 4.78 is 0. The second-order valence-corrected chi connectivity index (χ2v) is 5.39. The number of nitrogens with zero attached hydrogens (tertiary/aromatic N) is 1. The molecule has 0 aliphatic carbocycles. The van der Waals surface area contributed by atoms with Crippen molar-refractivity contribution < 1.29 is 4.79 Å². The maximum atomic E-state index is 11.1. The highest BCUT2D eigenvalue weighted by Crippen LogP contribution is 2.27. The van der Waals surface area contributed by atoms with Crippen molar-refractivity contribution in [3.63, 3.8) is 0 Å². The molecule has 0 spiro atoms. The minimum atomic E-state index is -0.0232. The molecule has 4 nitrogen and oxygen atoms in total. The van der Waals surface area contributed by atoms with Gasteiger partial charge in [-0.3, -0.25) is 9.69 Å². The number of anilines is 1. The van der Waals surface area contributed by atoms with E-state index >= 15 is 0 Å². The summed E-state index contributed by atoms with van der Waals surface area (Å²) in [6.07, 6.45) is 2.36. The van der Waals surface area contributed by atoms with Crippen LogP contribution in [-0.2, 0) is 4.79 Å². The Morgan fingerprint density at radius 2 is 1.82 bits per heavy atom. The van der Waals surface area contributed by atoms with E-state index in [1.807, 2.05) is 12.1 Å². The summed E-state index contributed by atoms with van der Waals surface area (Å²) in [5, 5.41) is 6.22. The van der Waals surface area contributed by atoms with Crippen LogP contribution in [0.25, 0.3) is 0 Å². The molecule has 1 aliphatic rings. The van der Waals surface area contributed by atoms with Crippen LogP contribution >= 0.6 is 24.8 Å². The second kappa shape index (κ2) is 10.8. The van der Waals surface area contributed by atoms with E-state index in [2.05, 4.69) is 34.6 Å². The SMILES string of the molecule is CCC[C@@H](c1ccc(NC(C)=O)cc1)N1CCNCC1.Cl.Cl. The summed E-state index contributed by atoms with van der Waals surface area (Å²) in [5.74, 6) is -0.0232. The molecule has 1 amide bonds. The van der Waals surface area contributed by atoms with E-state index in [0.717, 1.165) is 31.9 Å². The summed E-state index contributed by atoms with van der Waals surface area (Å²) in [5.41, 5.74) is 2.22. The van der Waals surface area contributed by atoms with E-state index in [0.29, 0.717) is 6.04 Å². The molecule has 2 rings (SSSR count). The summed E-state index contributed by atoms with van der Waals surface area (Å²) in [6.45, 7) is 8.14. The smallest absolute Gasteiger partial charge is 0.221 e. The fourth-order valence-corrected chi connectivity index (χ4v) is 2.82. The van der Waals surface area contributed by atoms with Gasteiger partial charge in [-0.2, -0.15) is 0 Å². The van der Waals surface area contributed by atoms with Gasteiger partial charge in [-0.25, -0.2) is 0 Å². The van der Waals surface area contributed by atoms with Crippen molar-refractivity contribution in [2.45, 2.75) is 32.7 Å². The molecule has 0 bridgehead atoms. The van der Waals surface area contributed by atoms with Gasteiger partial charge in [0.25, 0.3) is 0 Å². The summed E-state index contributed by atoms with van der Waals surface area (Å²) in [4.78, 5) is 13.6. The van der Waals surface area contributed by atoms with Crippen molar-refractivity contribution in [3.8, 4) is 0 Å². The lowest BCUT2D eigenvalue weighted by molar-refractivity contribution is -0.114. The van der Waals surface area contributed by atoms with Gasteiger partial charge in [0.2, 0.25) is 5.91 Å². The fraction of sp³-hybridized carbons (Fsp3) is 0.562. The first-order chi connectivity index (χ1) is 9.70. The molecule has 1 atom stereocenters. The number of amides is 1. The zero-order chi connectivity index (χ0) is 14.4. The Labute approximate surface area is 145 Å². The average Bonchev–Trinajstić information content (AvgIpc) is 2.46. The number of hydrogen-bond donors (Lipinski definition) is 2. The number of hydrogen-bond acceptors (Lipinski definition) is 3. The van der Waals surface area contributed by atoms with E-state index in [1.165, 1.54) is 25.3 Å². The van der Waals surface area contributed by atoms with Crippen LogP contribution in [0.5, 0.6) is 0 Å². The molecule has 1 heterocycles. The van der Waals surface area contributed by atoms with Crippen molar-refractivity contribution in [1.82, 2.24) is 10.2 Å². The molecule has 0 saturated carbocycles. The lowest BCUT2D eigenvalue weighted by Gasteiger charge is -2.35. The summed E-state index contributed by atoms with van der Waals surface area (Å²) >= 11 is 0. The minimum absolute atomic E-state index is 0. The van der Waals surface area contributed by atoms with E-state index in [9.17, 15) is 4.79 Å². The van der Waals surface area contributed by atoms with Crippen molar-refractivity contribution in [2.75, 3.05) is 31.5 Å². The Hall–Kier alpha value is -0.810. The predicted octanol–water partition coefficient (Wildman–Crippen LogP) is 3.24. The van der Waals surface area contributed by atoms with Gasteiger partial charge in [-0.1, -0.05) is 25.5 Å². The van der Waals surface area contributed by atoms with Gasteiger partial charge in [-0.15, -0.1) is 24.8 Å². The third kappa shape index (κ3) is 6.13. The van der Waals surface area contributed by atoms with E-state index < -0.39 is 0 Å². The van der Waals surface area contributed by atoms with Gasteiger partial charge < -0.3 is 10.6 Å². The Kier molecular flexibility index (Phi) is 10.4. The molecular formula is C16H27Cl2N3O. The highest BCUT2D eigenvalue weighted by atomic mass is 35.5. The molecular weight excluding hydrogens is 321 g/mol. The zero-order valence-electron chi connectivity index (χ0n) is 13.3. The molecule has 1 aliphatic heterocycles. The molecule has 1 fully saturated rings. The van der Waals surface area contributed by atoms with Gasteiger partial charge in [-0.05, 0) is 24.1 Å². The number of benzene rings is 1. The quantitative estimate of drug-likeness (QED) is 0.859. The average molecular weight is 348 g/mol. The van der Waals surface area contributed by atoms with Crippen LogP contribution in [0.15, 0.2) is 24.3 Å². The molecule has 0 aromatic heterocycles. The summed E-state index contributed by atoms with van der Waals surface area (Å²) in [7, 11) is 0. The number of carbonyl (C=O) groups excluding carboxylic acids is 1. The number of nitrogens with one attached hydrogen (secondary N) is 2. The van der Waals surface area contributed by atoms with Crippen LogP contribution in [-0.4, -0.2) is 37.0 Å². The summed E-state index contributed by atoms with van der Waals surface area (Å²) in [6, 6.07) is 8.79. The first-order valence-corrected chi connectivity index (χ1v) is 7.53. The van der Waals surface area contributed by atoms with Crippen LogP contribution < -0.4 is 10.6 Å². The zero-order valence-corrected chi connectivity index (χ0v) is 14.9. The third-order valence-electron chi connectivity index (χ3n) is 3.77. The number of halogens is 2. The first-order valence-electron chi connectivity index (χ1n) is 7.53. The molecule has 126 valence electrons. The second-order valence-electron chi connectivity index (χ2n) is 5.39. The van der Waals surface area contributed by atoms with E-state index in [4.69, 9.17) is 0 Å². The Morgan fingerprint density at radius 3 is 2.32 bits per heavy atom. The van der Waals surface area contributed by atoms with Gasteiger partial charge in [0, 0.05) is 44.8 Å². The lowest BCUT2D eigenvalue weighted by Crippen LogP contribution is -2.45. The van der Waals surface area contributed by atoms with Gasteiger partial charge in [0.15, 0.2) is 0 Å². The fourth-order valence-electron chi connectivity index (χ4n) is 2.82. The normalized spacial score (nSPS) is 16.1. The predicted molar refractivity (Wildman–Crippen MR) is 97.3 cm³/mol. The minimum Gasteiger partial charge on any atom is -0.326 e. The number of carbonyl (C=O) groups is 1. The largest absolute Gasteiger partial charge is 0.326 e. The van der Waals surface area contributed by atoms with Crippen LogP contribution in [0.3, 0.4) is 0 Å². The monoisotopic (exact) mass is 347 g/mol. The Bertz CT molecular complexity index is 434. The molecule has 2 N–H and O–H groups in total. The van der Waals surface area contributed by atoms with Crippen LogP contribution in [0, 0.1) is 0 Å². The molecule has 0 unspecified atom stereocenters. The maximum Gasteiger partial charge on any atom is 0.221 e. The van der Waals surface area contributed by atoms with Crippen molar-refractivity contribution >= 4 is 36.4 Å². The van der Waals surface area contributed by atoms with Crippen molar-refractivity contribution in [2.24, 2.45) is 0 Å². The molecule has 1 saturated heterocycles. The highest BCUT2D eigenvalue weighted by Gasteiger charge is 2.21.